The summed E-state index contributed by atoms with van der Waals surface area (Å²) in [7, 11) is 0. The predicted molar refractivity (Wildman–Crippen MR) is 139 cm³/mol. The lowest BCUT2D eigenvalue weighted by molar-refractivity contribution is -0.114. The van der Waals surface area contributed by atoms with Crippen molar-refractivity contribution >= 4 is 33.3 Å². The zero-order valence-electron chi connectivity index (χ0n) is 19.6. The van der Waals surface area contributed by atoms with E-state index in [0.29, 0.717) is 11.7 Å². The largest absolute Gasteiger partial charge is 0.302 e. The Hall–Kier alpha value is -3.54. The first-order valence-electron chi connectivity index (χ1n) is 12.0. The number of rotatable bonds is 4. The molecule has 4 heterocycles. The van der Waals surface area contributed by atoms with E-state index in [4.69, 9.17) is 21.5 Å². The molecule has 4 aromatic rings. The Balaban J connectivity index is 1.47. The molecule has 7 nitrogen and oxygen atoms in total. The number of nitrogens with zero attached hydrogens (tertiary/aromatic N) is 5. The summed E-state index contributed by atoms with van der Waals surface area (Å²) in [6.07, 6.45) is 11.2. The molecule has 176 valence electrons. The normalized spacial score (nSPS) is 16.0. The van der Waals surface area contributed by atoms with Crippen molar-refractivity contribution in [2.75, 3.05) is 25.0 Å². The molecule has 1 saturated heterocycles. The molecule has 0 unspecified atom stereocenters. The highest BCUT2D eigenvalue weighted by Crippen LogP contribution is 2.45. The van der Waals surface area contributed by atoms with Crippen LogP contribution in [0.4, 0.5) is 5.13 Å². The fourth-order valence-corrected chi connectivity index (χ4v) is 6.37. The minimum Gasteiger partial charge on any atom is -0.302 e. The van der Waals surface area contributed by atoms with Gasteiger partial charge in [0.15, 0.2) is 5.13 Å². The Morgan fingerprint density at radius 3 is 2.89 bits per heavy atom. The number of thiazole rings is 1. The van der Waals surface area contributed by atoms with Crippen LogP contribution < -0.4 is 5.32 Å². The van der Waals surface area contributed by atoms with Crippen LogP contribution in [0.1, 0.15) is 37.1 Å². The Labute approximate surface area is 208 Å². The number of para-hydroxylation sites is 1. The van der Waals surface area contributed by atoms with Crippen molar-refractivity contribution in [1.29, 1.82) is 0 Å². The Kier molecular flexibility index (Phi) is 5.59. The molecule has 1 aliphatic heterocycles. The van der Waals surface area contributed by atoms with Crippen LogP contribution in [0.15, 0.2) is 36.5 Å². The highest BCUT2D eigenvalue weighted by molar-refractivity contribution is 7.19. The van der Waals surface area contributed by atoms with E-state index in [1.807, 2.05) is 24.4 Å². The van der Waals surface area contributed by atoms with Crippen molar-refractivity contribution in [2.45, 2.75) is 38.6 Å². The van der Waals surface area contributed by atoms with E-state index >= 15 is 0 Å². The first-order chi connectivity index (χ1) is 17.1. The van der Waals surface area contributed by atoms with Crippen molar-refractivity contribution in [1.82, 2.24) is 24.6 Å². The first kappa shape index (κ1) is 22.0. The minimum atomic E-state index is -0.103. The van der Waals surface area contributed by atoms with Crippen molar-refractivity contribution in [2.24, 2.45) is 0 Å². The van der Waals surface area contributed by atoms with Crippen LogP contribution in [0.2, 0.25) is 0 Å². The van der Waals surface area contributed by atoms with E-state index in [1.54, 1.807) is 11.3 Å². The molecule has 6 rings (SSSR count). The van der Waals surface area contributed by atoms with Crippen LogP contribution in [0, 0.1) is 12.3 Å². The van der Waals surface area contributed by atoms with Gasteiger partial charge in [-0.05, 0) is 37.8 Å². The Bertz CT molecular complexity index is 1470. The second-order valence-electron chi connectivity index (χ2n) is 9.22. The Morgan fingerprint density at radius 1 is 1.26 bits per heavy atom. The number of carbonyl (C=O) groups excluding carboxylic acids is 1. The number of carbonyl (C=O) groups is 1. The van der Waals surface area contributed by atoms with Gasteiger partial charge in [0.1, 0.15) is 0 Å². The summed E-state index contributed by atoms with van der Waals surface area (Å²) in [5, 5.41) is 9.88. The molecule has 1 N–H and O–H groups in total. The number of terminal acetylenes is 1. The molecular weight excluding hydrogens is 456 g/mol. The molecule has 0 bridgehead atoms. The third-order valence-corrected chi connectivity index (χ3v) is 7.92. The third-order valence-electron chi connectivity index (χ3n) is 6.90. The summed E-state index contributed by atoms with van der Waals surface area (Å²) in [4.78, 5) is 24.6. The van der Waals surface area contributed by atoms with Gasteiger partial charge in [0.25, 0.3) is 0 Å². The lowest BCUT2D eigenvalue weighted by atomic mass is 9.94. The van der Waals surface area contributed by atoms with E-state index in [-0.39, 0.29) is 11.9 Å². The quantitative estimate of drug-likeness (QED) is 0.432. The van der Waals surface area contributed by atoms with E-state index in [2.05, 4.69) is 33.0 Å². The van der Waals surface area contributed by atoms with E-state index in [1.165, 1.54) is 12.5 Å². The summed E-state index contributed by atoms with van der Waals surface area (Å²) in [5.41, 5.74) is 6.47. The lowest BCUT2D eigenvalue weighted by Gasteiger charge is -2.31. The molecule has 35 heavy (non-hydrogen) atoms. The number of nitrogens with one attached hydrogen (secondary N) is 1. The van der Waals surface area contributed by atoms with Crippen molar-refractivity contribution < 1.29 is 4.79 Å². The lowest BCUT2D eigenvalue weighted by Crippen LogP contribution is -2.35. The van der Waals surface area contributed by atoms with Crippen molar-refractivity contribution in [3.05, 3.63) is 47.8 Å². The number of fused-ring (bicyclic) bond motifs is 4. The molecule has 1 amide bonds. The molecule has 0 radical (unpaired) electrons. The fourth-order valence-electron chi connectivity index (χ4n) is 5.25. The molecule has 1 aromatic carbocycles. The van der Waals surface area contributed by atoms with Gasteiger partial charge in [-0.25, -0.2) is 4.98 Å². The number of aryl methyl sites for hydroxylation is 1. The van der Waals surface area contributed by atoms with Gasteiger partial charge in [-0.1, -0.05) is 35.5 Å². The van der Waals surface area contributed by atoms with Crippen LogP contribution in [-0.2, 0) is 17.6 Å². The number of piperidine rings is 1. The minimum absolute atomic E-state index is 0.103. The average molecular weight is 483 g/mol. The average Bonchev–Trinajstić information content (AvgIpc) is 3.45. The van der Waals surface area contributed by atoms with Gasteiger partial charge in [0.2, 0.25) is 5.91 Å². The second-order valence-corrected chi connectivity index (χ2v) is 10.2. The highest BCUT2D eigenvalue weighted by atomic mass is 32.1. The van der Waals surface area contributed by atoms with Gasteiger partial charge in [0.05, 0.1) is 40.1 Å². The maximum absolute atomic E-state index is 11.7. The summed E-state index contributed by atoms with van der Waals surface area (Å²) in [6.45, 7) is 4.13. The Morgan fingerprint density at radius 2 is 2.09 bits per heavy atom. The van der Waals surface area contributed by atoms with Gasteiger partial charge in [-0.2, -0.15) is 5.10 Å². The molecule has 0 atom stereocenters. The number of anilines is 1. The number of benzene rings is 1. The van der Waals surface area contributed by atoms with Crippen molar-refractivity contribution in [3.8, 4) is 34.2 Å². The monoisotopic (exact) mass is 482 g/mol. The first-order valence-corrected chi connectivity index (χ1v) is 12.8. The van der Waals surface area contributed by atoms with Gasteiger partial charge in [0, 0.05) is 42.7 Å². The van der Waals surface area contributed by atoms with Gasteiger partial charge in [-0.15, -0.1) is 6.42 Å². The SMILES string of the molecule is C#CCN1CCC(n2nc(-c3cnc4ccccc4c3)c3c2-c2sc(NC(C)=O)nc2CC3)CC1. The van der Waals surface area contributed by atoms with Gasteiger partial charge in [-0.3, -0.25) is 19.4 Å². The number of likely N-dealkylation sites (tertiary alicyclic amines) is 1. The number of amides is 1. The summed E-state index contributed by atoms with van der Waals surface area (Å²) in [5.74, 6) is 2.67. The molecule has 3 aromatic heterocycles. The van der Waals surface area contributed by atoms with Gasteiger partial charge >= 0.3 is 0 Å². The van der Waals surface area contributed by atoms with Crippen molar-refractivity contribution in [3.63, 3.8) is 0 Å². The van der Waals surface area contributed by atoms with Crippen LogP contribution >= 0.6 is 11.3 Å². The summed E-state index contributed by atoms with van der Waals surface area (Å²) in [6, 6.07) is 10.7. The zero-order chi connectivity index (χ0) is 23.9. The second kappa shape index (κ2) is 8.91. The van der Waals surface area contributed by atoms with Crippen LogP contribution in [0.25, 0.3) is 32.7 Å². The number of aromatic nitrogens is 4. The topological polar surface area (TPSA) is 75.9 Å². The highest BCUT2D eigenvalue weighted by Gasteiger charge is 2.33. The molecule has 0 spiro atoms. The van der Waals surface area contributed by atoms with Crippen LogP contribution in [0.3, 0.4) is 0 Å². The van der Waals surface area contributed by atoms with E-state index in [0.717, 1.165) is 77.2 Å². The third kappa shape index (κ3) is 4.01. The van der Waals surface area contributed by atoms with Crippen LogP contribution in [-0.4, -0.2) is 50.2 Å². The smallest absolute Gasteiger partial charge is 0.223 e. The number of hydrogen-bond acceptors (Lipinski definition) is 6. The summed E-state index contributed by atoms with van der Waals surface area (Å²) >= 11 is 1.55. The zero-order valence-corrected chi connectivity index (χ0v) is 20.4. The fraction of sp³-hybridized carbons (Fsp3) is 0.333. The maximum Gasteiger partial charge on any atom is 0.223 e. The van der Waals surface area contributed by atoms with E-state index < -0.39 is 0 Å². The molecule has 2 aliphatic rings. The van der Waals surface area contributed by atoms with E-state index in [9.17, 15) is 4.79 Å². The molecule has 1 fully saturated rings. The molecule has 1 aliphatic carbocycles. The summed E-state index contributed by atoms with van der Waals surface area (Å²) < 4.78 is 2.24. The molecule has 8 heteroatoms. The van der Waals surface area contributed by atoms with Crippen LogP contribution in [0.5, 0.6) is 0 Å². The standard InChI is InChI=1S/C27H26N6OS/c1-3-12-32-13-10-20(11-14-32)33-25-21(8-9-23-26(25)35-27(30-23)29-17(2)34)24(31-33)19-15-18-6-4-5-7-22(18)28-16-19/h1,4-7,15-16,20H,8-14H2,2H3,(H,29,30,34). The molecule has 0 saturated carbocycles. The maximum atomic E-state index is 11.7. The predicted octanol–water partition coefficient (Wildman–Crippen LogP) is 4.55. The number of pyridine rings is 1. The number of hydrogen-bond donors (Lipinski definition) is 1. The van der Waals surface area contributed by atoms with Gasteiger partial charge < -0.3 is 5.32 Å². The molecular formula is C27H26N6OS.